The summed E-state index contributed by atoms with van der Waals surface area (Å²) in [6.45, 7) is 1.18. The van der Waals surface area contributed by atoms with Crippen molar-refractivity contribution in [1.29, 1.82) is 0 Å². The Morgan fingerprint density at radius 3 is 2.91 bits per heavy atom. The predicted molar refractivity (Wildman–Crippen MR) is 116 cm³/mol. The van der Waals surface area contributed by atoms with Crippen LogP contribution in [0.4, 0.5) is 10.2 Å². The third-order valence-electron chi connectivity index (χ3n) is 5.42. The maximum absolute atomic E-state index is 13.5. The van der Waals surface area contributed by atoms with Crippen LogP contribution < -0.4 is 21.3 Å². The molecule has 9 nitrogen and oxygen atoms in total. The Hall–Kier alpha value is -3.82. The molecule has 3 aromatic rings. The van der Waals surface area contributed by atoms with E-state index in [1.165, 1.54) is 35.3 Å². The average Bonchev–Trinajstić information content (AvgIpc) is 2.79. The van der Waals surface area contributed by atoms with Crippen molar-refractivity contribution in [1.82, 2.24) is 25.1 Å². The Bertz CT molecular complexity index is 1220. The summed E-state index contributed by atoms with van der Waals surface area (Å²) in [5.74, 6) is -0.303. The smallest absolute Gasteiger partial charge is 0.279 e. The molecule has 0 aliphatic carbocycles. The molecule has 1 saturated heterocycles. The number of rotatable bonds is 6. The van der Waals surface area contributed by atoms with E-state index in [1.807, 2.05) is 4.90 Å². The molecule has 10 heteroatoms. The maximum Gasteiger partial charge on any atom is 0.279 e. The molecule has 1 amide bonds. The Balaban J connectivity index is 1.51. The summed E-state index contributed by atoms with van der Waals surface area (Å²) in [5.41, 5.74) is -0.373. The van der Waals surface area contributed by atoms with Crippen LogP contribution in [0.1, 0.15) is 35.3 Å². The van der Waals surface area contributed by atoms with Crippen molar-refractivity contribution in [2.75, 3.05) is 18.0 Å². The van der Waals surface area contributed by atoms with Crippen LogP contribution in [0.3, 0.4) is 0 Å². The summed E-state index contributed by atoms with van der Waals surface area (Å²) in [6, 6.07) is 9.11. The maximum atomic E-state index is 13.5. The summed E-state index contributed by atoms with van der Waals surface area (Å²) in [6.07, 6.45) is 5.49. The fraction of sp³-hybridized carbons (Fsp3) is 0.318. The molecule has 2 aromatic heterocycles. The number of piperidine rings is 1. The van der Waals surface area contributed by atoms with Gasteiger partial charge in [-0.15, -0.1) is 0 Å². The second-order valence-electron chi connectivity index (χ2n) is 7.64. The first kappa shape index (κ1) is 21.4. The molecule has 2 N–H and O–H groups in total. The second kappa shape index (κ2) is 9.54. The van der Waals surface area contributed by atoms with Gasteiger partial charge in [-0.1, -0.05) is 12.1 Å². The molecule has 32 heavy (non-hydrogen) atoms. The van der Waals surface area contributed by atoms with Crippen LogP contribution in [0.5, 0.6) is 0 Å². The van der Waals surface area contributed by atoms with Gasteiger partial charge in [-0.25, -0.2) is 14.1 Å². The minimum absolute atomic E-state index is 0.0527. The van der Waals surface area contributed by atoms with E-state index >= 15 is 0 Å². The first-order valence-corrected chi connectivity index (χ1v) is 10.4. The summed E-state index contributed by atoms with van der Waals surface area (Å²) in [7, 11) is 0. The Kier molecular flexibility index (Phi) is 6.39. The monoisotopic (exact) mass is 438 g/mol. The number of halogens is 1. The van der Waals surface area contributed by atoms with E-state index in [2.05, 4.69) is 20.4 Å². The molecular weight excluding hydrogens is 415 g/mol. The van der Waals surface area contributed by atoms with Crippen molar-refractivity contribution in [2.45, 2.75) is 31.8 Å². The molecule has 0 bridgehead atoms. The van der Waals surface area contributed by atoms with Crippen molar-refractivity contribution in [3.8, 4) is 0 Å². The third kappa shape index (κ3) is 4.90. The van der Waals surface area contributed by atoms with Gasteiger partial charge in [0.15, 0.2) is 5.69 Å². The standard InChI is InChI=1S/C22H23FN6O3/c23-16-5-3-4-15(12-16)14-29-19(30)8-7-18(27-29)28-11-2-1-6-17(28)13-26-22(32)20-21(31)25-10-9-24-20/h3-5,7-10,12,17H,1-2,6,11,13-14H2,(H,25,31)(H,26,32). The lowest BCUT2D eigenvalue weighted by atomic mass is 10.0. The zero-order chi connectivity index (χ0) is 22.5. The molecule has 0 saturated carbocycles. The number of carbonyl (C=O) groups excluding carboxylic acids is 1. The van der Waals surface area contributed by atoms with E-state index in [-0.39, 0.29) is 29.7 Å². The summed E-state index contributed by atoms with van der Waals surface area (Å²) >= 11 is 0. The SMILES string of the molecule is O=C(NCC1CCCCN1c1ccc(=O)n(Cc2cccc(F)c2)n1)c1ncc[nH]c1=O. The molecule has 1 unspecified atom stereocenters. The minimum Gasteiger partial charge on any atom is -0.350 e. The van der Waals surface area contributed by atoms with Crippen LogP contribution >= 0.6 is 0 Å². The molecule has 1 aromatic carbocycles. The van der Waals surface area contributed by atoms with Crippen molar-refractivity contribution >= 4 is 11.7 Å². The lowest BCUT2D eigenvalue weighted by Gasteiger charge is -2.36. The number of hydrogen-bond donors (Lipinski definition) is 2. The van der Waals surface area contributed by atoms with Gasteiger partial charge in [0, 0.05) is 37.6 Å². The summed E-state index contributed by atoms with van der Waals surface area (Å²) in [5, 5.41) is 7.28. The second-order valence-corrected chi connectivity index (χ2v) is 7.64. The third-order valence-corrected chi connectivity index (χ3v) is 5.42. The molecule has 0 radical (unpaired) electrons. The summed E-state index contributed by atoms with van der Waals surface area (Å²) < 4.78 is 14.8. The van der Waals surface area contributed by atoms with Crippen LogP contribution in [0.15, 0.2) is 58.4 Å². The van der Waals surface area contributed by atoms with Crippen LogP contribution in [-0.4, -0.2) is 44.8 Å². The van der Waals surface area contributed by atoms with Crippen LogP contribution in [-0.2, 0) is 6.54 Å². The first-order chi connectivity index (χ1) is 15.5. The van der Waals surface area contributed by atoms with Crippen LogP contribution in [0.2, 0.25) is 0 Å². The molecule has 166 valence electrons. The molecule has 4 rings (SSSR count). The normalized spacial score (nSPS) is 16.0. The highest BCUT2D eigenvalue weighted by atomic mass is 19.1. The van der Waals surface area contributed by atoms with Gasteiger partial charge in [-0.2, -0.15) is 5.10 Å². The van der Waals surface area contributed by atoms with Crippen LogP contribution in [0, 0.1) is 5.82 Å². The Labute approximate surface area is 182 Å². The van der Waals surface area contributed by atoms with Crippen molar-refractivity contribution < 1.29 is 9.18 Å². The number of aromatic nitrogens is 4. The average molecular weight is 438 g/mol. The van der Waals surface area contributed by atoms with Gasteiger partial charge in [0.05, 0.1) is 6.54 Å². The van der Waals surface area contributed by atoms with Crippen molar-refractivity contribution in [2.24, 2.45) is 0 Å². The van der Waals surface area contributed by atoms with Gasteiger partial charge < -0.3 is 15.2 Å². The number of hydrogen-bond acceptors (Lipinski definition) is 6. The number of anilines is 1. The zero-order valence-electron chi connectivity index (χ0n) is 17.3. The lowest BCUT2D eigenvalue weighted by molar-refractivity contribution is 0.0943. The highest BCUT2D eigenvalue weighted by molar-refractivity contribution is 5.91. The molecule has 0 spiro atoms. The van der Waals surface area contributed by atoms with E-state index in [1.54, 1.807) is 18.2 Å². The van der Waals surface area contributed by atoms with Gasteiger partial charge in [0.1, 0.15) is 11.6 Å². The highest BCUT2D eigenvalue weighted by Gasteiger charge is 2.25. The number of H-pyrrole nitrogens is 1. The van der Waals surface area contributed by atoms with Gasteiger partial charge in [-0.05, 0) is 43.0 Å². The predicted octanol–water partition coefficient (Wildman–Crippen LogP) is 1.30. The fourth-order valence-electron chi connectivity index (χ4n) is 3.83. The largest absolute Gasteiger partial charge is 0.350 e. The van der Waals surface area contributed by atoms with E-state index in [4.69, 9.17) is 0 Å². The lowest BCUT2D eigenvalue weighted by Crippen LogP contribution is -2.48. The topological polar surface area (TPSA) is 113 Å². The first-order valence-electron chi connectivity index (χ1n) is 10.4. The number of amides is 1. The molecule has 1 aliphatic heterocycles. The van der Waals surface area contributed by atoms with Crippen molar-refractivity contribution in [3.05, 3.63) is 86.6 Å². The summed E-state index contributed by atoms with van der Waals surface area (Å²) in [4.78, 5) is 44.8. The van der Waals surface area contributed by atoms with E-state index < -0.39 is 11.5 Å². The molecule has 1 fully saturated rings. The molecular formula is C22H23FN6O3. The van der Waals surface area contributed by atoms with Gasteiger partial charge >= 0.3 is 0 Å². The Morgan fingerprint density at radius 2 is 2.09 bits per heavy atom. The zero-order valence-corrected chi connectivity index (χ0v) is 17.3. The van der Waals surface area contributed by atoms with Gasteiger partial charge in [0.25, 0.3) is 17.0 Å². The fourth-order valence-corrected chi connectivity index (χ4v) is 3.83. The van der Waals surface area contributed by atoms with E-state index in [0.29, 0.717) is 17.9 Å². The molecule has 1 atom stereocenters. The van der Waals surface area contributed by atoms with Crippen molar-refractivity contribution in [3.63, 3.8) is 0 Å². The highest BCUT2D eigenvalue weighted by Crippen LogP contribution is 2.22. The molecule has 1 aliphatic rings. The van der Waals surface area contributed by atoms with Gasteiger partial charge in [-0.3, -0.25) is 14.4 Å². The van der Waals surface area contributed by atoms with Crippen LogP contribution in [0.25, 0.3) is 0 Å². The van der Waals surface area contributed by atoms with E-state index in [0.717, 1.165) is 25.8 Å². The number of nitrogens with one attached hydrogen (secondary N) is 2. The number of aromatic amines is 1. The number of carbonyl (C=O) groups is 1. The quantitative estimate of drug-likeness (QED) is 0.600. The van der Waals surface area contributed by atoms with Gasteiger partial charge in [0.2, 0.25) is 0 Å². The number of benzene rings is 1. The Morgan fingerprint density at radius 1 is 1.22 bits per heavy atom. The number of nitrogens with zero attached hydrogens (tertiary/aromatic N) is 4. The molecule has 3 heterocycles. The minimum atomic E-state index is -0.545. The van der Waals surface area contributed by atoms with E-state index in [9.17, 15) is 18.8 Å².